The number of benzene rings is 1. The van der Waals surface area contributed by atoms with Gasteiger partial charge in [0.05, 0.1) is 42.2 Å². The lowest BCUT2D eigenvalue weighted by atomic mass is 10.00. The maximum absolute atomic E-state index is 12.6. The molecule has 0 aliphatic carbocycles. The molecule has 1 aliphatic rings. The normalized spacial score (nSPS) is 25.7. The van der Waals surface area contributed by atoms with Crippen molar-refractivity contribution in [3.63, 3.8) is 0 Å². The highest BCUT2D eigenvalue weighted by atomic mass is 32.2. The van der Waals surface area contributed by atoms with Crippen LogP contribution < -0.4 is 0 Å². The molecule has 2 unspecified atom stereocenters. The van der Waals surface area contributed by atoms with E-state index in [2.05, 4.69) is 18.9 Å². The zero-order valence-corrected chi connectivity index (χ0v) is 16.7. The monoisotopic (exact) mass is 394 g/mol. The molecule has 9 heteroatoms. The zero-order chi connectivity index (χ0) is 17.6. The lowest BCUT2D eigenvalue weighted by Crippen LogP contribution is -2.35. The van der Waals surface area contributed by atoms with Gasteiger partial charge < -0.3 is 18.5 Å². The summed E-state index contributed by atoms with van der Waals surface area (Å²) in [6.07, 6.45) is -0.120. The summed E-state index contributed by atoms with van der Waals surface area (Å²) >= 11 is 0. The van der Waals surface area contributed by atoms with Crippen LogP contribution >= 0.6 is 18.9 Å². The molecule has 1 fully saturated rings. The number of rotatable bonds is 9. The Balaban J connectivity index is 2.04. The fraction of sp³-hybridized carbons (Fsp3) is 0.600. The molecule has 1 heterocycles. The summed E-state index contributed by atoms with van der Waals surface area (Å²) in [7, 11) is 2.61. The molecule has 1 saturated heterocycles. The van der Waals surface area contributed by atoms with E-state index in [1.807, 2.05) is 0 Å². The van der Waals surface area contributed by atoms with E-state index >= 15 is 0 Å². The molecule has 0 spiro atoms. The molecule has 0 aromatic heterocycles. The molecule has 6 nitrogen and oxygen atoms in total. The van der Waals surface area contributed by atoms with Gasteiger partial charge in [0.25, 0.3) is 0 Å². The maximum atomic E-state index is 12.6. The smallest absolute Gasteiger partial charge is 0.178 e. The van der Waals surface area contributed by atoms with Crippen molar-refractivity contribution in [2.45, 2.75) is 29.6 Å². The summed E-state index contributed by atoms with van der Waals surface area (Å²) in [5.74, 6) is -0.217. The summed E-state index contributed by atoms with van der Waals surface area (Å²) in [6.45, 7) is 0.748. The van der Waals surface area contributed by atoms with Crippen molar-refractivity contribution in [2.75, 3.05) is 26.1 Å². The van der Waals surface area contributed by atoms with Crippen LogP contribution in [0.3, 0.4) is 0 Å². The van der Waals surface area contributed by atoms with Crippen LogP contribution in [0.2, 0.25) is 0 Å². The summed E-state index contributed by atoms with van der Waals surface area (Å²) in [6, 6.07) is 8.46. The summed E-state index contributed by atoms with van der Waals surface area (Å²) in [4.78, 5) is 0.325. The molecule has 0 N–H and O–H groups in total. The van der Waals surface area contributed by atoms with Crippen LogP contribution in [-0.2, 0) is 28.4 Å². The average Bonchev–Trinajstić information content (AvgIpc) is 2.96. The topological polar surface area (TPSA) is 71.1 Å². The quantitative estimate of drug-likeness (QED) is 0.596. The van der Waals surface area contributed by atoms with Crippen molar-refractivity contribution < 1.29 is 26.9 Å². The highest BCUT2D eigenvalue weighted by Gasteiger charge is 2.41. The van der Waals surface area contributed by atoms with E-state index in [9.17, 15) is 8.42 Å². The highest BCUT2D eigenvalue weighted by molar-refractivity contribution is 7.91. The van der Waals surface area contributed by atoms with Gasteiger partial charge in [-0.05, 0) is 12.1 Å². The van der Waals surface area contributed by atoms with E-state index in [0.717, 1.165) is 0 Å². The van der Waals surface area contributed by atoms with Crippen LogP contribution in [0.1, 0.15) is 6.42 Å². The number of hydrogen-bond acceptors (Lipinski definition) is 6. The predicted molar refractivity (Wildman–Crippen MR) is 97.4 cm³/mol. The second-order valence-electron chi connectivity index (χ2n) is 5.75. The molecular weight excluding hydrogens is 370 g/mol. The Hall–Kier alpha value is -0.130. The van der Waals surface area contributed by atoms with Gasteiger partial charge in [-0.2, -0.15) is 0 Å². The van der Waals surface area contributed by atoms with Crippen LogP contribution in [0.25, 0.3) is 0 Å². The van der Waals surface area contributed by atoms with Gasteiger partial charge in [-0.15, -0.1) is 0 Å². The number of hydrogen-bond donors (Lipinski definition) is 0. The molecule has 136 valence electrons. The van der Waals surface area contributed by atoms with E-state index in [4.69, 9.17) is 18.5 Å². The molecule has 0 saturated carbocycles. The summed E-state index contributed by atoms with van der Waals surface area (Å²) in [5.41, 5.74) is 0. The molecule has 0 bridgehead atoms. The fourth-order valence-electron chi connectivity index (χ4n) is 2.96. The van der Waals surface area contributed by atoms with Crippen LogP contribution in [0.5, 0.6) is 0 Å². The molecule has 6 atom stereocenters. The molecule has 0 amide bonds. The third-order valence-electron chi connectivity index (χ3n) is 4.13. The van der Waals surface area contributed by atoms with Crippen molar-refractivity contribution in [1.29, 1.82) is 0 Å². The van der Waals surface area contributed by atoms with E-state index in [-0.39, 0.29) is 30.0 Å². The van der Waals surface area contributed by atoms with Gasteiger partial charge in [0, 0.05) is 38.4 Å². The minimum absolute atomic E-state index is 0.00144. The Morgan fingerprint density at radius 1 is 1.29 bits per heavy atom. The van der Waals surface area contributed by atoms with Gasteiger partial charge >= 0.3 is 0 Å². The van der Waals surface area contributed by atoms with Gasteiger partial charge in [-0.1, -0.05) is 18.2 Å². The predicted octanol–water partition coefficient (Wildman–Crippen LogP) is 1.86. The fourth-order valence-corrected chi connectivity index (χ4v) is 4.98. The Morgan fingerprint density at radius 3 is 2.58 bits per heavy atom. The SMILES string of the molecule is CO[C@@H]1[C@@H](CS(=O)(=O)c2ccccc2)CO[C@@H]1C[C@@H](COP)OP. The Labute approximate surface area is 148 Å². The first-order chi connectivity index (χ1) is 11.5. The van der Waals surface area contributed by atoms with E-state index in [1.165, 1.54) is 0 Å². The van der Waals surface area contributed by atoms with Gasteiger partial charge in [-0.25, -0.2) is 8.42 Å². The summed E-state index contributed by atoms with van der Waals surface area (Å²) in [5, 5.41) is 0. The van der Waals surface area contributed by atoms with Crippen LogP contribution in [0.15, 0.2) is 35.2 Å². The first-order valence-corrected chi connectivity index (χ1v) is 10.2. The Kier molecular flexibility index (Phi) is 8.02. The van der Waals surface area contributed by atoms with Crippen molar-refractivity contribution in [2.24, 2.45) is 5.92 Å². The lowest BCUT2D eigenvalue weighted by molar-refractivity contribution is -0.0151. The maximum Gasteiger partial charge on any atom is 0.178 e. The molecular formula is C15H24O6P2S. The lowest BCUT2D eigenvalue weighted by Gasteiger charge is -2.24. The van der Waals surface area contributed by atoms with E-state index in [1.54, 1.807) is 37.4 Å². The van der Waals surface area contributed by atoms with Gasteiger partial charge in [0.1, 0.15) is 0 Å². The van der Waals surface area contributed by atoms with Gasteiger partial charge in [-0.3, -0.25) is 0 Å². The Morgan fingerprint density at radius 2 is 2.00 bits per heavy atom. The molecule has 1 aliphatic heterocycles. The second kappa shape index (κ2) is 9.54. The first kappa shape index (κ1) is 20.2. The number of methoxy groups -OCH3 is 1. The van der Waals surface area contributed by atoms with Crippen molar-refractivity contribution in [3.05, 3.63) is 30.3 Å². The number of sulfone groups is 1. The average molecular weight is 394 g/mol. The molecule has 1 aromatic carbocycles. The van der Waals surface area contributed by atoms with Gasteiger partial charge in [0.2, 0.25) is 0 Å². The van der Waals surface area contributed by atoms with Crippen molar-refractivity contribution in [1.82, 2.24) is 0 Å². The van der Waals surface area contributed by atoms with Crippen LogP contribution in [-0.4, -0.2) is 52.8 Å². The third kappa shape index (κ3) is 5.18. The van der Waals surface area contributed by atoms with Crippen LogP contribution in [0.4, 0.5) is 0 Å². The van der Waals surface area contributed by atoms with Crippen molar-refractivity contribution >= 4 is 28.8 Å². The minimum Gasteiger partial charge on any atom is -0.378 e. The highest BCUT2D eigenvalue weighted by Crippen LogP contribution is 2.30. The number of ether oxygens (including phenoxy) is 2. The molecule has 0 radical (unpaired) electrons. The standard InChI is InChI=1S/C15H24O6P2S/c1-18-15-11(8-19-14(15)7-12(21-23)9-20-22)10-24(16,17)13-5-3-2-4-6-13/h2-6,11-12,14-15H,7-10,22-23H2,1H3/t11-,12+,14-,15-/m1/s1. The molecule has 24 heavy (non-hydrogen) atoms. The molecule has 2 rings (SSSR count). The van der Waals surface area contributed by atoms with Crippen LogP contribution in [0, 0.1) is 5.92 Å². The van der Waals surface area contributed by atoms with Gasteiger partial charge in [0.15, 0.2) is 9.84 Å². The summed E-state index contributed by atoms with van der Waals surface area (Å²) < 4.78 is 46.8. The minimum atomic E-state index is -3.38. The zero-order valence-electron chi connectivity index (χ0n) is 13.5. The largest absolute Gasteiger partial charge is 0.378 e. The van der Waals surface area contributed by atoms with Crippen molar-refractivity contribution in [3.8, 4) is 0 Å². The Bertz CT molecular complexity index is 597. The molecule has 1 aromatic rings. The third-order valence-corrected chi connectivity index (χ3v) is 6.57. The first-order valence-electron chi connectivity index (χ1n) is 7.61. The second-order valence-corrected chi connectivity index (χ2v) is 8.39. The van der Waals surface area contributed by atoms with E-state index < -0.39 is 9.84 Å². The van der Waals surface area contributed by atoms with E-state index in [0.29, 0.717) is 24.5 Å².